The van der Waals surface area contributed by atoms with Crippen molar-refractivity contribution in [1.29, 1.82) is 0 Å². The van der Waals surface area contributed by atoms with Gasteiger partial charge in [-0.1, -0.05) is 43.3 Å². The Kier molecular flexibility index (Phi) is 12.2. The molecule has 2 aromatic carbocycles. The molecule has 0 saturated carbocycles. The number of carbonyl (C=O) groups excluding carboxylic acids is 1. The van der Waals surface area contributed by atoms with Crippen LogP contribution in [0.25, 0.3) is 0 Å². The van der Waals surface area contributed by atoms with Crippen LogP contribution in [0.2, 0.25) is 0 Å². The summed E-state index contributed by atoms with van der Waals surface area (Å²) in [6.07, 6.45) is 2.23. The number of thiophene rings is 1. The van der Waals surface area contributed by atoms with Gasteiger partial charge in [-0.05, 0) is 75.4 Å². The van der Waals surface area contributed by atoms with Crippen molar-refractivity contribution in [2.24, 2.45) is 5.92 Å². The van der Waals surface area contributed by atoms with Gasteiger partial charge in [-0.3, -0.25) is 14.4 Å². The molecule has 0 aliphatic carbocycles. The molecule has 0 fully saturated rings. The van der Waals surface area contributed by atoms with Crippen molar-refractivity contribution in [2.45, 2.75) is 69.0 Å². The van der Waals surface area contributed by atoms with Gasteiger partial charge in [0.25, 0.3) is 15.9 Å². The first kappa shape index (κ1) is 33.9. The van der Waals surface area contributed by atoms with Crippen LogP contribution in [0.15, 0.2) is 70.3 Å². The number of amides is 1. The molecule has 1 aliphatic rings. The first-order chi connectivity index (χ1) is 21.1. The van der Waals surface area contributed by atoms with E-state index in [1.807, 2.05) is 25.1 Å². The van der Waals surface area contributed by atoms with Crippen molar-refractivity contribution >= 4 is 33.0 Å². The number of hydrogen-bond donors (Lipinski definition) is 2. The lowest BCUT2D eigenvalue weighted by molar-refractivity contribution is -0.0177. The van der Waals surface area contributed by atoms with Gasteiger partial charge >= 0.3 is 0 Å². The van der Waals surface area contributed by atoms with E-state index in [4.69, 9.17) is 9.47 Å². The average Bonchev–Trinajstić information content (AvgIpc) is 3.55. The van der Waals surface area contributed by atoms with Gasteiger partial charge in [0.2, 0.25) is 0 Å². The van der Waals surface area contributed by atoms with Gasteiger partial charge in [0.05, 0.1) is 30.4 Å². The van der Waals surface area contributed by atoms with E-state index in [1.54, 1.807) is 35.4 Å². The van der Waals surface area contributed by atoms with Gasteiger partial charge in [0.15, 0.2) is 0 Å². The molecule has 9 nitrogen and oxygen atoms in total. The number of hydrogen-bond acceptors (Lipinski definition) is 8. The SMILES string of the molecule is C[C@H]1CCCCO[C@H](CN(C)Cc2ccccc2)[C@@H](C)CN([C@@H](C)CO)C(=O)c2cc(NS(=O)(=O)c3cccs3)ccc2O1. The highest BCUT2D eigenvalue weighted by Gasteiger charge is 2.30. The summed E-state index contributed by atoms with van der Waals surface area (Å²) >= 11 is 1.12. The molecule has 3 aromatic rings. The molecule has 0 bridgehead atoms. The molecule has 4 rings (SSSR count). The maximum Gasteiger partial charge on any atom is 0.271 e. The van der Waals surface area contributed by atoms with E-state index in [-0.39, 0.29) is 46.1 Å². The molecule has 1 aliphatic heterocycles. The third-order valence-electron chi connectivity index (χ3n) is 7.85. The predicted octanol–water partition coefficient (Wildman–Crippen LogP) is 5.48. The number of nitrogens with one attached hydrogen (secondary N) is 1. The summed E-state index contributed by atoms with van der Waals surface area (Å²) in [7, 11) is -1.75. The Morgan fingerprint density at radius 1 is 1.11 bits per heavy atom. The summed E-state index contributed by atoms with van der Waals surface area (Å²) in [4.78, 5) is 18.2. The Bertz CT molecular complexity index is 1430. The summed E-state index contributed by atoms with van der Waals surface area (Å²) < 4.78 is 41.4. The Morgan fingerprint density at radius 2 is 1.89 bits per heavy atom. The molecule has 240 valence electrons. The first-order valence-electron chi connectivity index (χ1n) is 15.2. The number of likely N-dealkylation sites (N-methyl/N-ethyl adjacent to an activating group) is 1. The molecule has 0 saturated heterocycles. The van der Waals surface area contributed by atoms with Crippen molar-refractivity contribution in [3.63, 3.8) is 0 Å². The normalized spacial score (nSPS) is 21.3. The molecule has 4 atom stereocenters. The van der Waals surface area contributed by atoms with Crippen LogP contribution in [-0.2, 0) is 21.3 Å². The van der Waals surface area contributed by atoms with Gasteiger partial charge in [0, 0.05) is 37.8 Å². The smallest absolute Gasteiger partial charge is 0.271 e. The summed E-state index contributed by atoms with van der Waals surface area (Å²) in [5, 5.41) is 11.9. The van der Waals surface area contributed by atoms with E-state index < -0.39 is 16.1 Å². The molecule has 2 heterocycles. The fourth-order valence-corrected chi connectivity index (χ4v) is 7.38. The molecular formula is C33H45N3O6S2. The molecule has 11 heteroatoms. The number of aliphatic hydroxyl groups is 1. The second kappa shape index (κ2) is 15.9. The molecule has 1 amide bonds. The molecule has 44 heavy (non-hydrogen) atoms. The van der Waals surface area contributed by atoms with E-state index in [2.05, 4.69) is 35.7 Å². The van der Waals surface area contributed by atoms with Gasteiger partial charge in [-0.2, -0.15) is 0 Å². The standard InChI is InChI=1S/C33H45N3O6S2/c1-24-20-36(25(2)23-37)33(38)29-19-28(34-44(39,40)32-14-10-18-43-32)15-16-30(29)42-26(3)11-8-9-17-41-31(24)22-35(4)21-27-12-6-5-7-13-27/h5-7,10,12-16,18-19,24-26,31,34,37H,8-9,11,17,20-23H2,1-4H3/t24-,25-,26-,31+/m0/s1. The lowest BCUT2D eigenvalue weighted by atomic mass is 10.0. The van der Waals surface area contributed by atoms with Crippen molar-refractivity contribution in [2.75, 3.05) is 38.1 Å². The number of benzene rings is 2. The Morgan fingerprint density at radius 3 is 2.59 bits per heavy atom. The fraction of sp³-hybridized carbons (Fsp3) is 0.485. The molecule has 0 radical (unpaired) electrons. The Labute approximate surface area is 265 Å². The highest BCUT2D eigenvalue weighted by Crippen LogP contribution is 2.30. The van der Waals surface area contributed by atoms with Crippen LogP contribution in [0.5, 0.6) is 5.75 Å². The minimum atomic E-state index is -3.82. The summed E-state index contributed by atoms with van der Waals surface area (Å²) in [6, 6.07) is 17.8. The number of sulfonamides is 1. The van der Waals surface area contributed by atoms with E-state index in [0.29, 0.717) is 25.4 Å². The number of nitrogens with zero attached hydrogens (tertiary/aromatic N) is 2. The predicted molar refractivity (Wildman–Crippen MR) is 175 cm³/mol. The number of ether oxygens (including phenoxy) is 2. The van der Waals surface area contributed by atoms with E-state index in [1.165, 1.54) is 17.7 Å². The Balaban J connectivity index is 1.63. The van der Waals surface area contributed by atoms with Crippen molar-refractivity contribution in [3.05, 3.63) is 77.2 Å². The number of aliphatic hydroxyl groups excluding tert-OH is 1. The minimum Gasteiger partial charge on any atom is -0.490 e. The zero-order valence-electron chi connectivity index (χ0n) is 26.0. The summed E-state index contributed by atoms with van der Waals surface area (Å²) in [5.41, 5.74) is 1.72. The number of rotatable bonds is 9. The number of carbonyl (C=O) groups is 1. The van der Waals surface area contributed by atoms with Crippen molar-refractivity contribution in [3.8, 4) is 5.75 Å². The van der Waals surface area contributed by atoms with Crippen LogP contribution in [0.3, 0.4) is 0 Å². The fourth-order valence-electron chi connectivity index (χ4n) is 5.34. The topological polar surface area (TPSA) is 108 Å². The van der Waals surface area contributed by atoms with Crippen LogP contribution >= 0.6 is 11.3 Å². The van der Waals surface area contributed by atoms with E-state index in [9.17, 15) is 18.3 Å². The lowest BCUT2D eigenvalue weighted by Gasteiger charge is -2.36. The molecule has 1 aromatic heterocycles. The van der Waals surface area contributed by atoms with Crippen LogP contribution in [0.4, 0.5) is 5.69 Å². The minimum absolute atomic E-state index is 0.0575. The maximum atomic E-state index is 14.3. The van der Waals surface area contributed by atoms with Crippen LogP contribution in [0.1, 0.15) is 56.0 Å². The second-order valence-electron chi connectivity index (χ2n) is 11.7. The average molecular weight is 644 g/mol. The van der Waals surface area contributed by atoms with E-state index >= 15 is 0 Å². The molecule has 0 unspecified atom stereocenters. The van der Waals surface area contributed by atoms with Gasteiger partial charge in [-0.25, -0.2) is 8.42 Å². The first-order valence-corrected chi connectivity index (χ1v) is 17.6. The number of anilines is 1. The molecular weight excluding hydrogens is 599 g/mol. The van der Waals surface area contributed by atoms with E-state index in [0.717, 1.165) is 37.1 Å². The molecule has 0 spiro atoms. The summed E-state index contributed by atoms with van der Waals surface area (Å²) in [6.45, 7) is 8.01. The van der Waals surface area contributed by atoms with Gasteiger partial charge in [0.1, 0.15) is 9.96 Å². The van der Waals surface area contributed by atoms with Crippen molar-refractivity contribution < 1.29 is 27.8 Å². The largest absolute Gasteiger partial charge is 0.490 e. The van der Waals surface area contributed by atoms with Crippen LogP contribution in [-0.4, -0.2) is 80.8 Å². The number of fused-ring (bicyclic) bond motifs is 1. The zero-order valence-corrected chi connectivity index (χ0v) is 27.6. The summed E-state index contributed by atoms with van der Waals surface area (Å²) in [5.74, 6) is -0.0130. The monoisotopic (exact) mass is 643 g/mol. The third-order valence-corrected chi connectivity index (χ3v) is 10.6. The second-order valence-corrected chi connectivity index (χ2v) is 14.6. The zero-order chi connectivity index (χ0) is 31.7. The van der Waals surface area contributed by atoms with Gasteiger partial charge in [-0.15, -0.1) is 11.3 Å². The van der Waals surface area contributed by atoms with Crippen LogP contribution < -0.4 is 9.46 Å². The quantitative estimate of drug-likeness (QED) is 0.318. The third kappa shape index (κ3) is 9.28. The lowest BCUT2D eigenvalue weighted by Crippen LogP contribution is -2.47. The van der Waals surface area contributed by atoms with Crippen LogP contribution in [0, 0.1) is 5.92 Å². The van der Waals surface area contributed by atoms with Crippen molar-refractivity contribution in [1.82, 2.24) is 9.80 Å². The maximum absolute atomic E-state index is 14.3. The molecule has 2 N–H and O–H groups in total. The van der Waals surface area contributed by atoms with Gasteiger partial charge < -0.3 is 19.5 Å². The highest BCUT2D eigenvalue weighted by atomic mass is 32.2. The highest BCUT2D eigenvalue weighted by molar-refractivity contribution is 7.94. The Hall–Kier alpha value is -2.96.